The monoisotopic (exact) mass is 294 g/mol. The molecule has 3 nitrogen and oxygen atoms in total. The average molecular weight is 295 g/mol. The van der Waals surface area contributed by atoms with Gasteiger partial charge in [-0.05, 0) is 37.9 Å². The van der Waals surface area contributed by atoms with Crippen LogP contribution in [0.2, 0.25) is 5.02 Å². The SMILES string of the molecule is Fc1cccc(-c2cnc(CCCNC3CC3)o2)c1Cl. The van der Waals surface area contributed by atoms with E-state index in [1.165, 1.54) is 18.9 Å². The van der Waals surface area contributed by atoms with E-state index in [0.29, 0.717) is 17.2 Å². The smallest absolute Gasteiger partial charge is 0.194 e. The maximum atomic E-state index is 13.4. The van der Waals surface area contributed by atoms with Gasteiger partial charge >= 0.3 is 0 Å². The van der Waals surface area contributed by atoms with Gasteiger partial charge < -0.3 is 9.73 Å². The number of nitrogens with zero attached hydrogens (tertiary/aromatic N) is 1. The number of hydrogen-bond donors (Lipinski definition) is 1. The second kappa shape index (κ2) is 5.94. The van der Waals surface area contributed by atoms with Crippen molar-refractivity contribution in [3.05, 3.63) is 41.1 Å². The van der Waals surface area contributed by atoms with Crippen LogP contribution in [0.25, 0.3) is 11.3 Å². The van der Waals surface area contributed by atoms with Crippen LogP contribution in [0.4, 0.5) is 4.39 Å². The Labute approximate surface area is 122 Å². The molecule has 1 saturated carbocycles. The summed E-state index contributed by atoms with van der Waals surface area (Å²) in [5.41, 5.74) is 0.543. The fourth-order valence-corrected chi connectivity index (χ4v) is 2.30. The van der Waals surface area contributed by atoms with Gasteiger partial charge in [-0.25, -0.2) is 9.37 Å². The Bertz CT molecular complexity index is 595. The highest BCUT2D eigenvalue weighted by atomic mass is 35.5. The summed E-state index contributed by atoms with van der Waals surface area (Å²) in [7, 11) is 0. The highest BCUT2D eigenvalue weighted by molar-refractivity contribution is 6.33. The third kappa shape index (κ3) is 3.19. The molecule has 1 aliphatic rings. The molecule has 1 fully saturated rings. The molecule has 3 rings (SSSR count). The number of aromatic nitrogens is 1. The van der Waals surface area contributed by atoms with Crippen molar-refractivity contribution in [1.29, 1.82) is 0 Å². The number of oxazole rings is 1. The van der Waals surface area contributed by atoms with Crippen LogP contribution in [0.3, 0.4) is 0 Å². The normalized spacial score (nSPS) is 14.7. The molecular weight excluding hydrogens is 279 g/mol. The highest BCUT2D eigenvalue weighted by Gasteiger charge is 2.19. The van der Waals surface area contributed by atoms with Crippen LogP contribution in [-0.4, -0.2) is 17.6 Å². The Morgan fingerprint density at radius 2 is 2.25 bits per heavy atom. The van der Waals surface area contributed by atoms with Gasteiger partial charge in [-0.15, -0.1) is 0 Å². The maximum absolute atomic E-state index is 13.4. The third-order valence-electron chi connectivity index (χ3n) is 3.35. The minimum atomic E-state index is -0.448. The van der Waals surface area contributed by atoms with Crippen LogP contribution >= 0.6 is 11.6 Å². The van der Waals surface area contributed by atoms with Crippen LogP contribution in [0.15, 0.2) is 28.8 Å². The standard InChI is InChI=1S/C15H16ClFN2O/c16-15-11(3-1-4-12(15)17)13-9-19-14(20-13)5-2-8-18-10-6-7-10/h1,3-4,9-10,18H,2,5-8H2. The van der Waals surface area contributed by atoms with Gasteiger partial charge in [-0.2, -0.15) is 0 Å². The summed E-state index contributed by atoms with van der Waals surface area (Å²) in [6.07, 6.45) is 5.94. The summed E-state index contributed by atoms with van der Waals surface area (Å²) in [5, 5.41) is 3.52. The van der Waals surface area contributed by atoms with Crippen molar-refractivity contribution < 1.29 is 8.81 Å². The Hall–Kier alpha value is -1.39. The molecule has 0 aliphatic heterocycles. The molecule has 0 amide bonds. The lowest BCUT2D eigenvalue weighted by atomic mass is 10.2. The van der Waals surface area contributed by atoms with E-state index in [9.17, 15) is 4.39 Å². The molecule has 1 heterocycles. The quantitative estimate of drug-likeness (QED) is 0.823. The first-order valence-corrected chi connectivity index (χ1v) is 7.24. The number of benzene rings is 1. The zero-order valence-corrected chi connectivity index (χ0v) is 11.8. The topological polar surface area (TPSA) is 38.1 Å². The van der Waals surface area contributed by atoms with Gasteiger partial charge in [0.2, 0.25) is 0 Å². The predicted octanol–water partition coefficient (Wildman–Crippen LogP) is 3.82. The lowest BCUT2D eigenvalue weighted by Gasteiger charge is -2.01. The number of hydrogen-bond acceptors (Lipinski definition) is 3. The van der Waals surface area contributed by atoms with Crippen molar-refractivity contribution in [3.8, 4) is 11.3 Å². The third-order valence-corrected chi connectivity index (χ3v) is 3.73. The Kier molecular flexibility index (Phi) is 4.03. The zero-order chi connectivity index (χ0) is 13.9. The molecule has 1 N–H and O–H groups in total. The summed E-state index contributed by atoms with van der Waals surface area (Å²) < 4.78 is 19.0. The second-order valence-corrected chi connectivity index (χ2v) is 5.43. The van der Waals surface area contributed by atoms with Crippen molar-refractivity contribution in [2.75, 3.05) is 6.54 Å². The van der Waals surface area contributed by atoms with Crippen LogP contribution in [0.1, 0.15) is 25.2 Å². The van der Waals surface area contributed by atoms with Crippen molar-refractivity contribution in [2.24, 2.45) is 0 Å². The van der Waals surface area contributed by atoms with E-state index in [1.54, 1.807) is 18.3 Å². The van der Waals surface area contributed by atoms with Gasteiger partial charge in [0.1, 0.15) is 5.82 Å². The van der Waals surface area contributed by atoms with E-state index >= 15 is 0 Å². The minimum Gasteiger partial charge on any atom is -0.441 e. The van der Waals surface area contributed by atoms with Gasteiger partial charge in [-0.3, -0.25) is 0 Å². The lowest BCUT2D eigenvalue weighted by Crippen LogP contribution is -2.17. The fraction of sp³-hybridized carbons (Fsp3) is 0.400. The van der Waals surface area contributed by atoms with Crippen molar-refractivity contribution in [3.63, 3.8) is 0 Å². The Morgan fingerprint density at radius 1 is 1.40 bits per heavy atom. The molecule has 5 heteroatoms. The number of rotatable bonds is 6. The molecule has 0 radical (unpaired) electrons. The summed E-state index contributed by atoms with van der Waals surface area (Å²) in [4.78, 5) is 4.22. The molecule has 106 valence electrons. The number of aryl methyl sites for hydroxylation is 1. The fourth-order valence-electron chi connectivity index (χ4n) is 2.08. The average Bonchev–Trinajstić information content (AvgIpc) is 3.15. The van der Waals surface area contributed by atoms with Crippen LogP contribution in [-0.2, 0) is 6.42 Å². The summed E-state index contributed by atoms with van der Waals surface area (Å²) in [6, 6.07) is 5.39. The van der Waals surface area contributed by atoms with Crippen LogP contribution < -0.4 is 5.32 Å². The highest BCUT2D eigenvalue weighted by Crippen LogP contribution is 2.30. The van der Waals surface area contributed by atoms with E-state index in [2.05, 4.69) is 10.3 Å². The Balaban J connectivity index is 1.62. The summed E-state index contributed by atoms with van der Waals surface area (Å²) in [5.74, 6) is 0.730. The molecule has 1 aromatic carbocycles. The Morgan fingerprint density at radius 3 is 3.05 bits per heavy atom. The van der Waals surface area contributed by atoms with Gasteiger partial charge in [0.05, 0.1) is 11.2 Å². The zero-order valence-electron chi connectivity index (χ0n) is 11.0. The molecular formula is C15H16ClFN2O. The predicted molar refractivity (Wildman–Crippen MR) is 76.3 cm³/mol. The van der Waals surface area contributed by atoms with Crippen LogP contribution in [0, 0.1) is 5.82 Å². The first-order valence-electron chi connectivity index (χ1n) is 6.86. The molecule has 2 aromatic rings. The number of halogens is 2. The van der Waals surface area contributed by atoms with Gasteiger partial charge in [0, 0.05) is 18.0 Å². The molecule has 0 saturated heterocycles. The number of nitrogens with one attached hydrogen (secondary N) is 1. The van der Waals surface area contributed by atoms with Crippen molar-refractivity contribution in [1.82, 2.24) is 10.3 Å². The molecule has 20 heavy (non-hydrogen) atoms. The molecule has 0 atom stereocenters. The van der Waals surface area contributed by atoms with Crippen LogP contribution in [0.5, 0.6) is 0 Å². The largest absolute Gasteiger partial charge is 0.441 e. The van der Waals surface area contributed by atoms with E-state index in [0.717, 1.165) is 25.4 Å². The molecule has 1 aliphatic carbocycles. The van der Waals surface area contributed by atoms with E-state index in [-0.39, 0.29) is 5.02 Å². The minimum absolute atomic E-state index is 0.0746. The van der Waals surface area contributed by atoms with Gasteiger partial charge in [0.15, 0.2) is 11.7 Å². The summed E-state index contributed by atoms with van der Waals surface area (Å²) in [6.45, 7) is 0.975. The first-order chi connectivity index (χ1) is 9.74. The maximum Gasteiger partial charge on any atom is 0.194 e. The molecule has 1 aromatic heterocycles. The molecule has 0 spiro atoms. The van der Waals surface area contributed by atoms with E-state index < -0.39 is 5.82 Å². The lowest BCUT2D eigenvalue weighted by molar-refractivity contribution is 0.491. The molecule has 0 bridgehead atoms. The van der Waals surface area contributed by atoms with E-state index in [1.807, 2.05) is 0 Å². The first kappa shape index (κ1) is 13.6. The van der Waals surface area contributed by atoms with Crippen molar-refractivity contribution >= 4 is 11.6 Å². The molecule has 0 unspecified atom stereocenters. The van der Waals surface area contributed by atoms with E-state index in [4.69, 9.17) is 16.0 Å². The summed E-state index contributed by atoms with van der Waals surface area (Å²) >= 11 is 5.93. The van der Waals surface area contributed by atoms with Gasteiger partial charge in [-0.1, -0.05) is 17.7 Å². The second-order valence-electron chi connectivity index (χ2n) is 5.05. The van der Waals surface area contributed by atoms with Gasteiger partial charge in [0.25, 0.3) is 0 Å². The van der Waals surface area contributed by atoms with Crippen molar-refractivity contribution in [2.45, 2.75) is 31.7 Å².